The van der Waals surface area contributed by atoms with Gasteiger partial charge in [-0.25, -0.2) is 8.42 Å². The van der Waals surface area contributed by atoms with E-state index >= 15 is 0 Å². The van der Waals surface area contributed by atoms with E-state index in [1.54, 1.807) is 12.1 Å². The second-order valence-corrected chi connectivity index (χ2v) is 6.35. The molecule has 0 spiro atoms. The van der Waals surface area contributed by atoms with E-state index in [0.717, 1.165) is 11.1 Å². The van der Waals surface area contributed by atoms with E-state index in [9.17, 15) is 8.42 Å². The number of fused-ring (bicyclic) bond motifs is 1. The smallest absolute Gasteiger partial charge is 0.200 e. The monoisotopic (exact) mass is 267 g/mol. The van der Waals surface area contributed by atoms with Crippen LogP contribution >= 0.6 is 0 Å². The van der Waals surface area contributed by atoms with Crippen LogP contribution in [-0.4, -0.2) is 21.1 Å². The quantitative estimate of drug-likeness (QED) is 0.901. The third-order valence-corrected chi connectivity index (χ3v) is 4.37. The van der Waals surface area contributed by atoms with Gasteiger partial charge in [0.25, 0.3) is 0 Å². The minimum atomic E-state index is -3.31. The Labute approximate surface area is 107 Å². The van der Waals surface area contributed by atoms with E-state index in [2.05, 4.69) is 0 Å². The third kappa shape index (κ3) is 2.48. The molecule has 1 aliphatic rings. The van der Waals surface area contributed by atoms with Crippen molar-refractivity contribution in [2.24, 2.45) is 5.73 Å². The molecule has 0 atom stereocenters. The van der Waals surface area contributed by atoms with Gasteiger partial charge in [-0.2, -0.15) is 0 Å². The summed E-state index contributed by atoms with van der Waals surface area (Å²) in [7, 11) is -3.31. The van der Waals surface area contributed by atoms with Gasteiger partial charge in [0.15, 0.2) is 0 Å². The lowest BCUT2D eigenvalue weighted by atomic mass is 10.1. The topological polar surface area (TPSA) is 69.4 Å². The summed E-state index contributed by atoms with van der Waals surface area (Å²) < 4.78 is 29.4. The molecule has 0 aromatic heterocycles. The van der Waals surface area contributed by atoms with Crippen LogP contribution in [0.2, 0.25) is 0 Å². The van der Waals surface area contributed by atoms with Crippen molar-refractivity contribution < 1.29 is 13.2 Å². The molecule has 0 unspecified atom stereocenters. The Morgan fingerprint density at radius 1 is 1.33 bits per heavy atom. The Hall–Kier alpha value is -1.17. The minimum absolute atomic E-state index is 0.0651. The van der Waals surface area contributed by atoms with Gasteiger partial charge < -0.3 is 10.5 Å². The molecule has 98 valence electrons. The fourth-order valence-corrected chi connectivity index (χ4v) is 3.34. The van der Waals surface area contributed by atoms with Crippen LogP contribution in [0.15, 0.2) is 28.5 Å². The highest BCUT2D eigenvalue weighted by molar-refractivity contribution is 7.95. The van der Waals surface area contributed by atoms with Gasteiger partial charge in [0.1, 0.15) is 0 Å². The van der Waals surface area contributed by atoms with Gasteiger partial charge in [-0.1, -0.05) is 6.07 Å². The second-order valence-electron chi connectivity index (χ2n) is 4.58. The molecule has 4 nitrogen and oxygen atoms in total. The van der Waals surface area contributed by atoms with Gasteiger partial charge in [-0.3, -0.25) is 0 Å². The molecule has 1 heterocycles. The summed E-state index contributed by atoms with van der Waals surface area (Å²) in [6.07, 6.45) is 0.0651. The van der Waals surface area contributed by atoms with E-state index in [0.29, 0.717) is 23.6 Å². The maximum atomic E-state index is 11.9. The summed E-state index contributed by atoms with van der Waals surface area (Å²) in [6.45, 7) is 4.53. The zero-order valence-corrected chi connectivity index (χ0v) is 11.3. The predicted molar refractivity (Wildman–Crippen MR) is 70.6 cm³/mol. The van der Waals surface area contributed by atoms with Crippen LogP contribution in [0.1, 0.15) is 25.0 Å². The normalized spacial score (nSPS) is 16.8. The molecule has 2 N–H and O–H groups in total. The number of sulfone groups is 1. The lowest BCUT2D eigenvalue weighted by molar-refractivity contribution is 0.107. The van der Waals surface area contributed by atoms with Crippen molar-refractivity contribution in [3.63, 3.8) is 0 Å². The molecule has 0 bridgehead atoms. The van der Waals surface area contributed by atoms with Crippen LogP contribution in [0.25, 0.3) is 5.57 Å². The van der Waals surface area contributed by atoms with Crippen LogP contribution in [0.3, 0.4) is 0 Å². The molecule has 0 saturated heterocycles. The summed E-state index contributed by atoms with van der Waals surface area (Å²) in [5.74, 6) is 0. The van der Waals surface area contributed by atoms with E-state index in [1.807, 2.05) is 19.9 Å². The molecular weight excluding hydrogens is 250 g/mol. The van der Waals surface area contributed by atoms with Gasteiger partial charge in [0.05, 0.1) is 17.6 Å². The molecule has 1 aromatic carbocycles. The summed E-state index contributed by atoms with van der Waals surface area (Å²) in [5, 5.41) is 1.29. The first-order valence-electron chi connectivity index (χ1n) is 5.84. The molecule has 1 aliphatic heterocycles. The number of ether oxygens (including phenoxy) is 1. The van der Waals surface area contributed by atoms with E-state index in [4.69, 9.17) is 10.5 Å². The second kappa shape index (κ2) is 4.84. The van der Waals surface area contributed by atoms with Gasteiger partial charge in [0.2, 0.25) is 9.84 Å². The fourth-order valence-electron chi connectivity index (χ4n) is 1.89. The van der Waals surface area contributed by atoms with Crippen LogP contribution in [-0.2, 0) is 21.1 Å². The van der Waals surface area contributed by atoms with Gasteiger partial charge in [-0.05, 0) is 42.7 Å². The zero-order chi connectivity index (χ0) is 13.3. The zero-order valence-electron chi connectivity index (χ0n) is 10.5. The summed E-state index contributed by atoms with van der Waals surface area (Å²) in [5.41, 5.74) is 7.92. The van der Waals surface area contributed by atoms with E-state index < -0.39 is 9.84 Å². The molecule has 0 aliphatic carbocycles. The molecule has 0 saturated carbocycles. The van der Waals surface area contributed by atoms with Crippen molar-refractivity contribution in [1.29, 1.82) is 0 Å². The molecule has 0 amide bonds. The Balaban J connectivity index is 2.41. The first-order valence-corrected chi connectivity index (χ1v) is 7.39. The molecule has 2 rings (SSSR count). The van der Waals surface area contributed by atoms with E-state index in [-0.39, 0.29) is 6.10 Å². The highest BCUT2D eigenvalue weighted by atomic mass is 32.2. The SMILES string of the molecule is CC(C)OCC1=CS(=O)(=O)c2ccc(CN)cc21. The number of benzene rings is 1. The summed E-state index contributed by atoms with van der Waals surface area (Å²) >= 11 is 0. The van der Waals surface area contributed by atoms with Gasteiger partial charge in [-0.15, -0.1) is 0 Å². The average Bonchev–Trinajstić information content (AvgIpc) is 2.58. The standard InChI is InChI=1S/C13H17NO3S/c1-9(2)17-7-11-8-18(15,16)13-4-3-10(6-14)5-12(11)13/h3-5,8-9H,6-7,14H2,1-2H3. The number of rotatable bonds is 4. The van der Waals surface area contributed by atoms with Gasteiger partial charge in [0, 0.05) is 12.0 Å². The van der Waals surface area contributed by atoms with Crippen molar-refractivity contribution in [3.8, 4) is 0 Å². The molecular formula is C13H17NO3S. The largest absolute Gasteiger partial charge is 0.374 e. The van der Waals surface area contributed by atoms with Crippen LogP contribution in [0.5, 0.6) is 0 Å². The molecule has 18 heavy (non-hydrogen) atoms. The number of nitrogens with two attached hydrogens (primary N) is 1. The lowest BCUT2D eigenvalue weighted by Gasteiger charge is -2.09. The first-order chi connectivity index (χ1) is 8.44. The van der Waals surface area contributed by atoms with Crippen molar-refractivity contribution in [1.82, 2.24) is 0 Å². The molecule has 1 aromatic rings. The maximum Gasteiger partial charge on any atom is 0.200 e. The Morgan fingerprint density at radius 3 is 2.67 bits per heavy atom. The fraction of sp³-hybridized carbons (Fsp3) is 0.385. The third-order valence-electron chi connectivity index (χ3n) is 2.80. The minimum Gasteiger partial charge on any atom is -0.374 e. The highest BCUT2D eigenvalue weighted by Gasteiger charge is 2.27. The Bertz CT molecular complexity index is 588. The van der Waals surface area contributed by atoms with Crippen molar-refractivity contribution in [3.05, 3.63) is 34.7 Å². The van der Waals surface area contributed by atoms with E-state index in [1.165, 1.54) is 5.41 Å². The average molecular weight is 267 g/mol. The predicted octanol–water partition coefficient (Wildman–Crippen LogP) is 1.70. The Morgan fingerprint density at radius 2 is 2.06 bits per heavy atom. The summed E-state index contributed by atoms with van der Waals surface area (Å²) in [4.78, 5) is 0.349. The first kappa shape index (κ1) is 13.3. The van der Waals surface area contributed by atoms with Crippen molar-refractivity contribution in [2.45, 2.75) is 31.4 Å². The molecule has 0 fully saturated rings. The molecule has 5 heteroatoms. The van der Waals surface area contributed by atoms with Crippen LogP contribution < -0.4 is 5.73 Å². The van der Waals surface area contributed by atoms with Crippen LogP contribution in [0.4, 0.5) is 0 Å². The van der Waals surface area contributed by atoms with Crippen molar-refractivity contribution >= 4 is 15.4 Å². The van der Waals surface area contributed by atoms with Crippen molar-refractivity contribution in [2.75, 3.05) is 6.61 Å². The number of hydrogen-bond acceptors (Lipinski definition) is 4. The number of hydrogen-bond donors (Lipinski definition) is 1. The van der Waals surface area contributed by atoms with Gasteiger partial charge >= 0.3 is 0 Å². The Kier molecular flexibility index (Phi) is 3.56. The maximum absolute atomic E-state index is 11.9. The molecule has 0 radical (unpaired) electrons. The lowest BCUT2D eigenvalue weighted by Crippen LogP contribution is -2.05. The highest BCUT2D eigenvalue weighted by Crippen LogP contribution is 2.34. The van der Waals surface area contributed by atoms with Crippen LogP contribution in [0, 0.1) is 0 Å². The summed E-state index contributed by atoms with van der Waals surface area (Å²) in [6, 6.07) is 5.19.